The molecule has 0 spiro atoms. The maximum absolute atomic E-state index is 13.1. The fourth-order valence-corrected chi connectivity index (χ4v) is 2.49. The minimum absolute atomic E-state index is 0.0247. The number of rotatable bonds is 7. The number of hydrogen-bond donors (Lipinski definition) is 2. The number of halogens is 2. The number of aromatic nitrogens is 1. The van der Waals surface area contributed by atoms with Crippen molar-refractivity contribution < 1.29 is 23.4 Å². The van der Waals surface area contributed by atoms with Gasteiger partial charge in [0.2, 0.25) is 0 Å². The van der Waals surface area contributed by atoms with E-state index < -0.39 is 24.0 Å². The van der Waals surface area contributed by atoms with Crippen molar-refractivity contribution in [1.82, 2.24) is 9.99 Å². The molecule has 0 amide bonds. The maximum Gasteiger partial charge on any atom is 0.337 e. The minimum atomic E-state index is -2.72. The second kappa shape index (κ2) is 11.5. The van der Waals surface area contributed by atoms with Crippen molar-refractivity contribution in [2.45, 2.75) is 33.2 Å². The number of carbonyl (C=O) groups is 1. The quantitative estimate of drug-likeness (QED) is 0.401. The van der Waals surface area contributed by atoms with Crippen LogP contribution in [0.1, 0.15) is 19.4 Å². The molecule has 2 N–H and O–H groups in total. The molecule has 0 bridgehead atoms. The van der Waals surface area contributed by atoms with Crippen LogP contribution in [0, 0.1) is 6.92 Å². The summed E-state index contributed by atoms with van der Waals surface area (Å²) in [6.45, 7) is 9.31. The molecule has 1 aliphatic rings. The van der Waals surface area contributed by atoms with E-state index in [9.17, 15) is 23.5 Å². The number of ether oxygens (including phenoxy) is 1. The van der Waals surface area contributed by atoms with Crippen molar-refractivity contribution in [3.05, 3.63) is 81.7 Å². The lowest BCUT2D eigenvalue weighted by Gasteiger charge is -2.23. The Bertz CT molecular complexity index is 959. The summed E-state index contributed by atoms with van der Waals surface area (Å²) in [5, 5.41) is 15.9. The Morgan fingerprint density at radius 3 is 2.60 bits per heavy atom. The third kappa shape index (κ3) is 6.00. The SMILES string of the molecule is C=C/C(C1=CC(C(F)F)NC=C1OC)=C(\C=N/n1ccc(C)cc1=O)C(=O)O.CC. The summed E-state index contributed by atoms with van der Waals surface area (Å²) in [7, 11) is 1.32. The zero-order valence-electron chi connectivity index (χ0n) is 17.2. The molecule has 0 radical (unpaired) electrons. The van der Waals surface area contributed by atoms with Gasteiger partial charge in [-0.25, -0.2) is 18.3 Å². The summed E-state index contributed by atoms with van der Waals surface area (Å²) < 4.78 is 32.3. The van der Waals surface area contributed by atoms with Gasteiger partial charge in [-0.3, -0.25) is 4.79 Å². The number of alkyl halides is 2. The van der Waals surface area contributed by atoms with Crippen molar-refractivity contribution >= 4 is 12.2 Å². The maximum atomic E-state index is 13.1. The fraction of sp³-hybridized carbons (Fsp3) is 0.286. The molecule has 2 heterocycles. The van der Waals surface area contributed by atoms with Crippen LogP contribution in [0.2, 0.25) is 0 Å². The lowest BCUT2D eigenvalue weighted by atomic mass is 9.95. The normalized spacial score (nSPS) is 16.6. The van der Waals surface area contributed by atoms with Gasteiger partial charge in [0, 0.05) is 29.6 Å². The molecule has 9 heteroatoms. The predicted octanol–water partition coefficient (Wildman–Crippen LogP) is 3.24. The first-order chi connectivity index (χ1) is 14.3. The molecule has 0 aliphatic carbocycles. The number of nitrogens with one attached hydrogen (secondary N) is 1. The number of aliphatic carboxylic acids is 1. The number of allylic oxidation sites excluding steroid dienone is 2. The topological polar surface area (TPSA) is 92.9 Å². The average Bonchev–Trinajstić information content (AvgIpc) is 2.73. The van der Waals surface area contributed by atoms with Crippen LogP contribution in [-0.2, 0) is 9.53 Å². The third-order valence-corrected chi connectivity index (χ3v) is 3.89. The van der Waals surface area contributed by atoms with Crippen LogP contribution in [0.15, 0.2) is 75.6 Å². The third-order valence-electron chi connectivity index (χ3n) is 3.89. The fourth-order valence-electron chi connectivity index (χ4n) is 2.49. The number of nitrogens with zero attached hydrogens (tertiary/aromatic N) is 2. The van der Waals surface area contributed by atoms with Gasteiger partial charge in [-0.1, -0.05) is 26.5 Å². The molecule has 0 aromatic carbocycles. The Kier molecular flexibility index (Phi) is 9.41. The Labute approximate surface area is 173 Å². The van der Waals surface area contributed by atoms with E-state index in [-0.39, 0.29) is 22.5 Å². The lowest BCUT2D eigenvalue weighted by Crippen LogP contribution is -2.33. The molecule has 162 valence electrons. The standard InChI is InChI=1S/C19H19F2N3O4.C2H6/c1-4-12(13-8-15(18(20)21)22-10-16(13)28-3)14(19(26)27)9-23-24-6-5-11(2)7-17(24)25;1-2/h4-10,15,18,22H,1H2,2-3H3,(H,26,27);1-2H3/b14-12-,23-9-;. The zero-order chi connectivity index (χ0) is 22.8. The van der Waals surface area contributed by atoms with Gasteiger partial charge in [0.1, 0.15) is 11.8 Å². The van der Waals surface area contributed by atoms with Crippen LogP contribution in [-0.4, -0.2) is 41.5 Å². The molecular formula is C21H25F2N3O4. The van der Waals surface area contributed by atoms with E-state index in [1.54, 1.807) is 13.0 Å². The van der Waals surface area contributed by atoms with Crippen molar-refractivity contribution in [3.63, 3.8) is 0 Å². The number of dihydropyridines is 1. The summed E-state index contributed by atoms with van der Waals surface area (Å²) in [5.41, 5.74) is 0.0902. The molecule has 0 fully saturated rings. The van der Waals surface area contributed by atoms with Crippen LogP contribution in [0.3, 0.4) is 0 Å². The highest BCUT2D eigenvalue weighted by Gasteiger charge is 2.26. The zero-order valence-corrected chi connectivity index (χ0v) is 17.2. The summed E-state index contributed by atoms with van der Waals surface area (Å²) in [6, 6.07) is 1.64. The first-order valence-corrected chi connectivity index (χ1v) is 9.13. The van der Waals surface area contributed by atoms with E-state index in [0.29, 0.717) is 0 Å². The first kappa shape index (κ1) is 24.5. The van der Waals surface area contributed by atoms with E-state index in [0.717, 1.165) is 22.5 Å². The van der Waals surface area contributed by atoms with Crippen LogP contribution in [0.5, 0.6) is 0 Å². The largest absolute Gasteiger partial charge is 0.495 e. The van der Waals surface area contributed by atoms with Gasteiger partial charge in [-0.2, -0.15) is 5.10 Å². The molecule has 30 heavy (non-hydrogen) atoms. The summed E-state index contributed by atoms with van der Waals surface area (Å²) in [6.07, 6.45) is 3.23. The Morgan fingerprint density at radius 1 is 1.43 bits per heavy atom. The van der Waals surface area contributed by atoms with Gasteiger partial charge in [-0.15, -0.1) is 0 Å². The Hall–Kier alpha value is -3.49. The second-order valence-electron chi connectivity index (χ2n) is 5.79. The smallest absolute Gasteiger partial charge is 0.337 e. The number of carboxylic acids is 1. The molecule has 2 rings (SSSR count). The highest BCUT2D eigenvalue weighted by molar-refractivity contribution is 6.10. The van der Waals surface area contributed by atoms with Crippen LogP contribution in [0.4, 0.5) is 8.78 Å². The van der Waals surface area contributed by atoms with E-state index in [1.165, 1.54) is 31.6 Å². The van der Waals surface area contributed by atoms with Gasteiger partial charge in [0.05, 0.1) is 18.9 Å². The number of carboxylic acid groups (broad SMARTS) is 1. The molecule has 1 unspecified atom stereocenters. The van der Waals surface area contributed by atoms with Crippen molar-refractivity contribution in [2.24, 2.45) is 5.10 Å². The molecule has 0 saturated carbocycles. The van der Waals surface area contributed by atoms with E-state index >= 15 is 0 Å². The van der Waals surface area contributed by atoms with Crippen molar-refractivity contribution in [1.29, 1.82) is 0 Å². The summed E-state index contributed by atoms with van der Waals surface area (Å²) in [5.74, 6) is -1.21. The second-order valence-corrected chi connectivity index (χ2v) is 5.79. The predicted molar refractivity (Wildman–Crippen MR) is 112 cm³/mol. The van der Waals surface area contributed by atoms with Gasteiger partial charge >= 0.3 is 5.97 Å². The van der Waals surface area contributed by atoms with Crippen LogP contribution >= 0.6 is 0 Å². The molecular weight excluding hydrogens is 396 g/mol. The molecule has 1 aromatic rings. The minimum Gasteiger partial charge on any atom is -0.495 e. The van der Waals surface area contributed by atoms with Gasteiger partial charge in [0.25, 0.3) is 12.0 Å². The molecule has 0 saturated heterocycles. The van der Waals surface area contributed by atoms with Crippen molar-refractivity contribution in [2.75, 3.05) is 7.11 Å². The van der Waals surface area contributed by atoms with Crippen LogP contribution in [0.25, 0.3) is 0 Å². The number of hydrogen-bond acceptors (Lipinski definition) is 5. The molecule has 1 aliphatic heterocycles. The number of methoxy groups -OCH3 is 1. The summed E-state index contributed by atoms with van der Waals surface area (Å²) >= 11 is 0. The number of aryl methyl sites for hydroxylation is 1. The van der Waals surface area contributed by atoms with Gasteiger partial charge in [-0.05, 0) is 24.6 Å². The average molecular weight is 421 g/mol. The van der Waals surface area contributed by atoms with Gasteiger partial charge in [0.15, 0.2) is 0 Å². The highest BCUT2D eigenvalue weighted by atomic mass is 19.3. The van der Waals surface area contributed by atoms with Gasteiger partial charge < -0.3 is 15.2 Å². The summed E-state index contributed by atoms with van der Waals surface area (Å²) in [4.78, 5) is 23.7. The van der Waals surface area contributed by atoms with Crippen molar-refractivity contribution in [3.8, 4) is 0 Å². The molecule has 7 nitrogen and oxygen atoms in total. The number of pyridine rings is 1. The lowest BCUT2D eigenvalue weighted by molar-refractivity contribution is -0.132. The van der Waals surface area contributed by atoms with Crippen LogP contribution < -0.4 is 10.9 Å². The van der Waals surface area contributed by atoms with E-state index in [2.05, 4.69) is 17.0 Å². The molecule has 1 aromatic heterocycles. The van der Waals surface area contributed by atoms with E-state index in [4.69, 9.17) is 4.74 Å². The van der Waals surface area contributed by atoms with E-state index in [1.807, 2.05) is 13.8 Å². The Morgan fingerprint density at radius 2 is 2.10 bits per heavy atom. The first-order valence-electron chi connectivity index (χ1n) is 9.13. The monoisotopic (exact) mass is 421 g/mol. The highest BCUT2D eigenvalue weighted by Crippen LogP contribution is 2.27. The molecule has 1 atom stereocenters. The Balaban J connectivity index is 0.00000218.